The summed E-state index contributed by atoms with van der Waals surface area (Å²) in [4.78, 5) is 4.70. The molecule has 3 aromatic carbocycles. The van der Waals surface area contributed by atoms with Crippen LogP contribution >= 0.6 is 0 Å². The van der Waals surface area contributed by atoms with Gasteiger partial charge in [0.25, 0.3) is 0 Å². The zero-order valence-corrected chi connectivity index (χ0v) is 13.6. The minimum absolute atomic E-state index is 0.107. The number of oxazole rings is 1. The van der Waals surface area contributed by atoms with Crippen LogP contribution in [-0.2, 0) is 5.41 Å². The van der Waals surface area contributed by atoms with Crippen LogP contribution in [0.2, 0.25) is 0 Å². The fourth-order valence-corrected chi connectivity index (χ4v) is 2.84. The number of fused-ring (bicyclic) bond motifs is 2. The van der Waals surface area contributed by atoms with Crippen molar-refractivity contribution in [2.45, 2.75) is 26.2 Å². The van der Waals surface area contributed by atoms with Crippen molar-refractivity contribution in [3.8, 4) is 11.5 Å². The van der Waals surface area contributed by atoms with Gasteiger partial charge in [-0.05, 0) is 46.0 Å². The van der Waals surface area contributed by atoms with Gasteiger partial charge in [-0.25, -0.2) is 4.98 Å². The highest BCUT2D eigenvalue weighted by Crippen LogP contribution is 2.30. The average Bonchev–Trinajstić information content (AvgIpc) is 2.96. The summed E-state index contributed by atoms with van der Waals surface area (Å²) in [5.41, 5.74) is 4.14. The molecule has 0 bridgehead atoms. The molecule has 1 heterocycles. The molecule has 0 aliphatic carbocycles. The Morgan fingerprint density at radius 2 is 1.61 bits per heavy atom. The Bertz CT molecular complexity index is 1010. The van der Waals surface area contributed by atoms with Gasteiger partial charge < -0.3 is 4.42 Å². The Hall–Kier alpha value is -2.61. The van der Waals surface area contributed by atoms with Crippen LogP contribution < -0.4 is 0 Å². The largest absolute Gasteiger partial charge is 0.436 e. The SMILES string of the molecule is CC(C)(C)c1ccc2oc(-c3ccc4ccccc4c3)nc2c1. The van der Waals surface area contributed by atoms with E-state index in [1.807, 2.05) is 12.1 Å². The van der Waals surface area contributed by atoms with Gasteiger partial charge in [-0.3, -0.25) is 0 Å². The second-order valence-corrected chi connectivity index (χ2v) is 7.01. The normalized spacial score (nSPS) is 12.1. The average molecular weight is 301 g/mol. The monoisotopic (exact) mass is 301 g/mol. The maximum Gasteiger partial charge on any atom is 0.227 e. The fourth-order valence-electron chi connectivity index (χ4n) is 2.84. The lowest BCUT2D eigenvalue weighted by molar-refractivity contribution is 0.590. The standard InChI is InChI=1S/C21H19NO/c1-21(2,3)17-10-11-19-18(13-17)22-20(23-19)16-9-8-14-6-4-5-7-15(14)12-16/h4-13H,1-3H3. The van der Waals surface area contributed by atoms with E-state index in [2.05, 4.69) is 69.3 Å². The smallest absolute Gasteiger partial charge is 0.227 e. The predicted octanol–water partition coefficient (Wildman–Crippen LogP) is 5.95. The van der Waals surface area contributed by atoms with Gasteiger partial charge in [0, 0.05) is 5.56 Å². The van der Waals surface area contributed by atoms with Crippen LogP contribution in [0.4, 0.5) is 0 Å². The highest BCUT2D eigenvalue weighted by Gasteiger charge is 2.16. The quantitative estimate of drug-likeness (QED) is 0.434. The Kier molecular flexibility index (Phi) is 3.02. The van der Waals surface area contributed by atoms with E-state index in [1.54, 1.807) is 0 Å². The van der Waals surface area contributed by atoms with E-state index in [-0.39, 0.29) is 5.41 Å². The second-order valence-electron chi connectivity index (χ2n) is 7.01. The molecule has 0 radical (unpaired) electrons. The molecule has 0 unspecified atom stereocenters. The van der Waals surface area contributed by atoms with E-state index >= 15 is 0 Å². The molecule has 0 atom stereocenters. The number of hydrogen-bond acceptors (Lipinski definition) is 2. The number of aromatic nitrogens is 1. The van der Waals surface area contributed by atoms with Crippen molar-refractivity contribution in [1.82, 2.24) is 4.98 Å². The molecule has 0 spiro atoms. The van der Waals surface area contributed by atoms with E-state index < -0.39 is 0 Å². The molecule has 0 aliphatic rings. The molecule has 2 nitrogen and oxygen atoms in total. The lowest BCUT2D eigenvalue weighted by Crippen LogP contribution is -2.10. The van der Waals surface area contributed by atoms with Gasteiger partial charge in [-0.15, -0.1) is 0 Å². The summed E-state index contributed by atoms with van der Waals surface area (Å²) in [6, 6.07) is 20.9. The maximum atomic E-state index is 5.96. The zero-order chi connectivity index (χ0) is 16.0. The lowest BCUT2D eigenvalue weighted by atomic mass is 9.87. The van der Waals surface area contributed by atoms with Crippen LogP contribution in [0.25, 0.3) is 33.3 Å². The highest BCUT2D eigenvalue weighted by atomic mass is 16.3. The van der Waals surface area contributed by atoms with Crippen molar-refractivity contribution in [2.24, 2.45) is 0 Å². The highest BCUT2D eigenvalue weighted by molar-refractivity contribution is 5.87. The molecule has 23 heavy (non-hydrogen) atoms. The van der Waals surface area contributed by atoms with Gasteiger partial charge in [0.05, 0.1) is 0 Å². The van der Waals surface area contributed by atoms with Gasteiger partial charge in [-0.2, -0.15) is 0 Å². The molecular weight excluding hydrogens is 282 g/mol. The number of rotatable bonds is 1. The van der Waals surface area contributed by atoms with Crippen molar-refractivity contribution in [3.63, 3.8) is 0 Å². The van der Waals surface area contributed by atoms with Gasteiger partial charge >= 0.3 is 0 Å². The first kappa shape index (κ1) is 14.0. The summed E-state index contributed by atoms with van der Waals surface area (Å²) in [6.45, 7) is 6.62. The van der Waals surface area contributed by atoms with Crippen molar-refractivity contribution in [2.75, 3.05) is 0 Å². The minimum atomic E-state index is 0.107. The summed E-state index contributed by atoms with van der Waals surface area (Å²) >= 11 is 0. The molecule has 0 saturated heterocycles. The first-order valence-electron chi connectivity index (χ1n) is 7.91. The number of nitrogens with zero attached hydrogens (tertiary/aromatic N) is 1. The van der Waals surface area contributed by atoms with E-state index in [9.17, 15) is 0 Å². The summed E-state index contributed by atoms with van der Waals surface area (Å²) in [5.74, 6) is 0.678. The van der Waals surface area contributed by atoms with Crippen LogP contribution in [0.15, 0.2) is 65.1 Å². The Morgan fingerprint density at radius 1 is 0.826 bits per heavy atom. The van der Waals surface area contributed by atoms with Crippen molar-refractivity contribution in [1.29, 1.82) is 0 Å². The minimum Gasteiger partial charge on any atom is -0.436 e. The van der Waals surface area contributed by atoms with Gasteiger partial charge in [0.2, 0.25) is 5.89 Å². The maximum absolute atomic E-state index is 5.96. The first-order chi connectivity index (χ1) is 11.0. The van der Waals surface area contributed by atoms with Crippen LogP contribution in [0, 0.1) is 0 Å². The molecule has 0 aliphatic heterocycles. The third kappa shape index (κ3) is 2.50. The molecule has 0 N–H and O–H groups in total. The van der Waals surface area contributed by atoms with Crippen LogP contribution in [0.3, 0.4) is 0 Å². The Balaban J connectivity index is 1.84. The van der Waals surface area contributed by atoms with Crippen LogP contribution in [0.1, 0.15) is 26.3 Å². The van der Waals surface area contributed by atoms with Crippen LogP contribution in [0.5, 0.6) is 0 Å². The summed E-state index contributed by atoms with van der Waals surface area (Å²) in [6.07, 6.45) is 0. The molecular formula is C21H19NO. The molecule has 0 saturated carbocycles. The summed E-state index contributed by atoms with van der Waals surface area (Å²) in [5, 5.41) is 2.42. The van der Waals surface area contributed by atoms with Crippen LogP contribution in [-0.4, -0.2) is 4.98 Å². The Morgan fingerprint density at radius 3 is 2.39 bits per heavy atom. The van der Waals surface area contributed by atoms with Crippen molar-refractivity contribution < 1.29 is 4.42 Å². The Labute approximate surface area is 135 Å². The van der Waals surface area contributed by atoms with Crippen molar-refractivity contribution >= 4 is 21.9 Å². The topological polar surface area (TPSA) is 26.0 Å². The van der Waals surface area contributed by atoms with E-state index in [1.165, 1.54) is 16.3 Å². The van der Waals surface area contributed by atoms with Gasteiger partial charge in [0.1, 0.15) is 5.52 Å². The van der Waals surface area contributed by atoms with Crippen molar-refractivity contribution in [3.05, 3.63) is 66.2 Å². The number of hydrogen-bond donors (Lipinski definition) is 0. The molecule has 4 aromatic rings. The summed E-state index contributed by atoms with van der Waals surface area (Å²) < 4.78 is 5.96. The zero-order valence-electron chi connectivity index (χ0n) is 13.6. The molecule has 0 amide bonds. The molecule has 114 valence electrons. The second kappa shape index (κ2) is 4.95. The van der Waals surface area contributed by atoms with Gasteiger partial charge in [0.15, 0.2) is 5.58 Å². The fraction of sp³-hybridized carbons (Fsp3) is 0.190. The van der Waals surface area contributed by atoms with E-state index in [0.29, 0.717) is 5.89 Å². The van der Waals surface area contributed by atoms with Gasteiger partial charge in [-0.1, -0.05) is 57.2 Å². The first-order valence-corrected chi connectivity index (χ1v) is 7.91. The number of benzene rings is 3. The molecule has 4 rings (SSSR count). The third-order valence-corrected chi connectivity index (χ3v) is 4.25. The summed E-state index contributed by atoms with van der Waals surface area (Å²) in [7, 11) is 0. The molecule has 2 heteroatoms. The molecule has 1 aromatic heterocycles. The third-order valence-electron chi connectivity index (χ3n) is 4.25. The van der Waals surface area contributed by atoms with E-state index in [4.69, 9.17) is 9.40 Å². The van der Waals surface area contributed by atoms with E-state index in [0.717, 1.165) is 16.7 Å². The lowest BCUT2D eigenvalue weighted by Gasteiger charge is -2.18. The predicted molar refractivity (Wildman–Crippen MR) is 95.7 cm³/mol. The molecule has 0 fully saturated rings.